The number of benzene rings is 1. The van der Waals surface area contributed by atoms with Crippen molar-refractivity contribution in [1.82, 2.24) is 20.1 Å². The molecule has 1 atom stereocenters. The molecule has 0 saturated heterocycles. The largest absolute Gasteiger partial charge is 0.393 e. The fourth-order valence-corrected chi connectivity index (χ4v) is 2.34. The maximum absolute atomic E-state index is 13.5. The van der Waals surface area contributed by atoms with Crippen LogP contribution < -0.4 is 5.32 Å². The highest BCUT2D eigenvalue weighted by molar-refractivity contribution is 5.90. The molecule has 6 nitrogen and oxygen atoms in total. The van der Waals surface area contributed by atoms with E-state index in [1.54, 1.807) is 12.1 Å². The Morgan fingerprint density at radius 3 is 2.64 bits per heavy atom. The summed E-state index contributed by atoms with van der Waals surface area (Å²) >= 11 is 0. The van der Waals surface area contributed by atoms with E-state index in [1.165, 1.54) is 16.8 Å². The van der Waals surface area contributed by atoms with Crippen molar-refractivity contribution < 1.29 is 14.3 Å². The van der Waals surface area contributed by atoms with Crippen LogP contribution in [-0.2, 0) is 0 Å². The average Bonchev–Trinajstić information content (AvgIpc) is 3.00. The monoisotopic (exact) mass is 348 g/mol. The van der Waals surface area contributed by atoms with Crippen LogP contribution in [0.5, 0.6) is 0 Å². The van der Waals surface area contributed by atoms with Crippen LogP contribution in [0.2, 0.25) is 0 Å². The fraction of sp³-hybridized carbons (Fsp3) is 0.500. The normalized spacial score (nSPS) is 12.6. The van der Waals surface area contributed by atoms with E-state index in [1.807, 2.05) is 27.7 Å². The van der Waals surface area contributed by atoms with Gasteiger partial charge in [0, 0.05) is 12.5 Å². The van der Waals surface area contributed by atoms with Crippen molar-refractivity contribution in [3.63, 3.8) is 0 Å². The molecule has 1 unspecified atom stereocenters. The van der Waals surface area contributed by atoms with Crippen molar-refractivity contribution in [2.45, 2.75) is 46.1 Å². The molecule has 0 aliphatic carbocycles. The molecule has 1 aromatic carbocycles. The Bertz CT molecular complexity index is 728. The SMILES string of the molecule is CC(C)c1nc(C(=O)NCCC(O)C(C)C)nn1-c1cccc(F)c1. The Kier molecular flexibility index (Phi) is 6.25. The lowest BCUT2D eigenvalue weighted by Gasteiger charge is -2.13. The van der Waals surface area contributed by atoms with Crippen LogP contribution in [0.25, 0.3) is 5.69 Å². The summed E-state index contributed by atoms with van der Waals surface area (Å²) in [6, 6.07) is 6.00. The number of hydrogen-bond donors (Lipinski definition) is 2. The van der Waals surface area contributed by atoms with Gasteiger partial charge in [-0.25, -0.2) is 14.1 Å². The third kappa shape index (κ3) is 4.85. The molecule has 2 rings (SSSR count). The molecular formula is C18H25FN4O2. The molecule has 0 radical (unpaired) electrons. The highest BCUT2D eigenvalue weighted by atomic mass is 19.1. The maximum atomic E-state index is 13.5. The van der Waals surface area contributed by atoms with Gasteiger partial charge < -0.3 is 10.4 Å². The molecule has 0 spiro atoms. The Balaban J connectivity index is 2.17. The number of carbonyl (C=O) groups excluding carboxylic acids is 1. The summed E-state index contributed by atoms with van der Waals surface area (Å²) in [7, 11) is 0. The van der Waals surface area contributed by atoms with E-state index in [9.17, 15) is 14.3 Å². The third-order valence-electron chi connectivity index (χ3n) is 3.90. The summed E-state index contributed by atoms with van der Waals surface area (Å²) in [5.41, 5.74) is 0.519. The lowest BCUT2D eigenvalue weighted by molar-refractivity contribution is 0.0910. The molecule has 0 bridgehead atoms. The second-order valence-corrected chi connectivity index (χ2v) is 6.70. The first-order valence-corrected chi connectivity index (χ1v) is 8.48. The van der Waals surface area contributed by atoms with Gasteiger partial charge in [0.15, 0.2) is 0 Å². The lowest BCUT2D eigenvalue weighted by atomic mass is 10.0. The first-order chi connectivity index (χ1) is 11.8. The minimum Gasteiger partial charge on any atom is -0.393 e. The zero-order valence-corrected chi connectivity index (χ0v) is 15.0. The summed E-state index contributed by atoms with van der Waals surface area (Å²) in [5.74, 6) is -0.0239. The summed E-state index contributed by atoms with van der Waals surface area (Å²) in [5, 5.41) is 16.7. The minimum absolute atomic E-state index is 0.0140. The van der Waals surface area contributed by atoms with Crippen LogP contribution in [0.15, 0.2) is 24.3 Å². The van der Waals surface area contributed by atoms with Gasteiger partial charge in [-0.3, -0.25) is 4.79 Å². The van der Waals surface area contributed by atoms with Gasteiger partial charge in [0.1, 0.15) is 11.6 Å². The van der Waals surface area contributed by atoms with E-state index in [2.05, 4.69) is 15.4 Å². The first kappa shape index (κ1) is 19.1. The first-order valence-electron chi connectivity index (χ1n) is 8.48. The Morgan fingerprint density at radius 1 is 1.32 bits per heavy atom. The molecule has 0 aliphatic rings. The molecule has 0 fully saturated rings. The highest BCUT2D eigenvalue weighted by Crippen LogP contribution is 2.18. The van der Waals surface area contributed by atoms with E-state index in [4.69, 9.17) is 0 Å². The van der Waals surface area contributed by atoms with Gasteiger partial charge >= 0.3 is 0 Å². The number of aliphatic hydroxyl groups excluding tert-OH is 1. The quantitative estimate of drug-likeness (QED) is 0.806. The number of aromatic nitrogens is 3. The van der Waals surface area contributed by atoms with Gasteiger partial charge in [-0.05, 0) is 30.5 Å². The molecular weight excluding hydrogens is 323 g/mol. The number of halogens is 1. The zero-order valence-electron chi connectivity index (χ0n) is 15.0. The number of nitrogens with zero attached hydrogens (tertiary/aromatic N) is 3. The third-order valence-corrected chi connectivity index (χ3v) is 3.90. The van der Waals surface area contributed by atoms with Crippen molar-refractivity contribution in [3.05, 3.63) is 41.7 Å². The van der Waals surface area contributed by atoms with Crippen LogP contribution in [-0.4, -0.2) is 38.4 Å². The number of aliphatic hydroxyl groups is 1. The molecule has 136 valence electrons. The van der Waals surface area contributed by atoms with Crippen molar-refractivity contribution in [1.29, 1.82) is 0 Å². The number of nitrogens with one attached hydrogen (secondary N) is 1. The molecule has 2 aromatic rings. The molecule has 1 heterocycles. The van der Waals surface area contributed by atoms with Crippen molar-refractivity contribution in [3.8, 4) is 5.69 Å². The van der Waals surface area contributed by atoms with Crippen molar-refractivity contribution >= 4 is 5.91 Å². The maximum Gasteiger partial charge on any atom is 0.290 e. The Hall–Kier alpha value is -2.28. The molecule has 1 amide bonds. The molecule has 2 N–H and O–H groups in total. The van der Waals surface area contributed by atoms with Gasteiger partial charge in [-0.15, -0.1) is 5.10 Å². The van der Waals surface area contributed by atoms with Crippen LogP contribution >= 0.6 is 0 Å². The summed E-state index contributed by atoms with van der Waals surface area (Å²) in [4.78, 5) is 16.6. The number of rotatable bonds is 7. The van der Waals surface area contributed by atoms with Gasteiger partial charge in [-0.1, -0.05) is 33.8 Å². The Morgan fingerprint density at radius 2 is 2.04 bits per heavy atom. The van der Waals surface area contributed by atoms with Crippen LogP contribution in [0.1, 0.15) is 56.5 Å². The summed E-state index contributed by atoms with van der Waals surface area (Å²) < 4.78 is 15.0. The van der Waals surface area contributed by atoms with E-state index in [0.717, 1.165) is 0 Å². The van der Waals surface area contributed by atoms with Gasteiger partial charge in [0.05, 0.1) is 11.8 Å². The van der Waals surface area contributed by atoms with E-state index < -0.39 is 12.0 Å². The van der Waals surface area contributed by atoms with Gasteiger partial charge in [0.25, 0.3) is 5.91 Å². The van der Waals surface area contributed by atoms with Crippen molar-refractivity contribution in [2.24, 2.45) is 5.92 Å². The number of carbonyl (C=O) groups is 1. The fourth-order valence-electron chi connectivity index (χ4n) is 2.34. The highest BCUT2D eigenvalue weighted by Gasteiger charge is 2.20. The Labute approximate surface area is 147 Å². The minimum atomic E-state index is -0.468. The predicted molar refractivity (Wildman–Crippen MR) is 93.2 cm³/mol. The van der Waals surface area contributed by atoms with Crippen LogP contribution in [0.4, 0.5) is 4.39 Å². The predicted octanol–water partition coefficient (Wildman–Crippen LogP) is 2.67. The van der Waals surface area contributed by atoms with Gasteiger partial charge in [0.2, 0.25) is 5.82 Å². The van der Waals surface area contributed by atoms with E-state index >= 15 is 0 Å². The standard InChI is InChI=1S/C18H25FN4O2/c1-11(2)15(24)8-9-20-18(25)16-21-17(12(3)4)23(22-16)14-7-5-6-13(19)10-14/h5-7,10-12,15,24H,8-9H2,1-4H3,(H,20,25). The molecule has 0 saturated carbocycles. The molecule has 7 heteroatoms. The van der Waals surface area contributed by atoms with Crippen LogP contribution in [0, 0.1) is 11.7 Å². The summed E-state index contributed by atoms with van der Waals surface area (Å²) in [6.45, 7) is 8.04. The second kappa shape index (κ2) is 8.20. The van der Waals surface area contributed by atoms with E-state index in [-0.39, 0.29) is 23.5 Å². The molecule has 0 aliphatic heterocycles. The van der Waals surface area contributed by atoms with Crippen LogP contribution in [0.3, 0.4) is 0 Å². The smallest absolute Gasteiger partial charge is 0.290 e. The molecule has 1 aromatic heterocycles. The second-order valence-electron chi connectivity index (χ2n) is 6.70. The number of hydrogen-bond acceptors (Lipinski definition) is 4. The summed E-state index contributed by atoms with van der Waals surface area (Å²) in [6.07, 6.45) is -0.00487. The van der Waals surface area contributed by atoms with Gasteiger partial charge in [-0.2, -0.15) is 0 Å². The van der Waals surface area contributed by atoms with E-state index in [0.29, 0.717) is 24.5 Å². The van der Waals surface area contributed by atoms with Crippen molar-refractivity contribution in [2.75, 3.05) is 6.54 Å². The molecule has 25 heavy (non-hydrogen) atoms. The topological polar surface area (TPSA) is 80.0 Å². The zero-order chi connectivity index (χ0) is 18.6. The average molecular weight is 348 g/mol. The number of amides is 1. The lowest BCUT2D eigenvalue weighted by Crippen LogP contribution is -2.29.